The molecule has 0 spiro atoms. The third-order valence-corrected chi connectivity index (χ3v) is 4.66. The number of nitrogens with zero attached hydrogens (tertiary/aromatic N) is 1. The molecule has 1 unspecified atom stereocenters. The summed E-state index contributed by atoms with van der Waals surface area (Å²) >= 11 is 6.25. The van der Waals surface area contributed by atoms with E-state index in [2.05, 4.69) is 0 Å². The van der Waals surface area contributed by atoms with Crippen LogP contribution >= 0.6 is 11.6 Å². The predicted octanol–water partition coefficient (Wildman–Crippen LogP) is 3.99. The van der Waals surface area contributed by atoms with Gasteiger partial charge < -0.3 is 20.3 Å². The van der Waals surface area contributed by atoms with Crippen molar-refractivity contribution in [3.8, 4) is 11.8 Å². The Bertz CT molecular complexity index is 888. The van der Waals surface area contributed by atoms with Crippen molar-refractivity contribution in [1.82, 2.24) is 0 Å². The Kier molecular flexibility index (Phi) is 5.76. The van der Waals surface area contributed by atoms with E-state index in [1.165, 1.54) is 0 Å². The van der Waals surface area contributed by atoms with Crippen LogP contribution in [0.15, 0.2) is 34.9 Å². The molecule has 0 aliphatic carbocycles. The van der Waals surface area contributed by atoms with Crippen LogP contribution in [0.1, 0.15) is 51.7 Å². The summed E-state index contributed by atoms with van der Waals surface area (Å²) in [4.78, 5) is 12.6. The molecular weight excluding hydrogens is 368 g/mol. The molecule has 1 aliphatic heterocycles. The number of phenols is 1. The first-order chi connectivity index (χ1) is 12.5. The maximum absolute atomic E-state index is 12.6. The van der Waals surface area contributed by atoms with Gasteiger partial charge in [-0.1, -0.05) is 38.4 Å². The molecule has 0 aromatic heterocycles. The lowest BCUT2D eigenvalue weighted by atomic mass is 9.79. The average molecular weight is 391 g/mol. The number of aromatic hydroxyl groups is 1. The van der Waals surface area contributed by atoms with Crippen LogP contribution < -0.4 is 5.73 Å². The summed E-state index contributed by atoms with van der Waals surface area (Å²) in [6.45, 7) is 9.37. The number of ether oxygens (including phenoxy) is 2. The molecule has 1 atom stereocenters. The molecule has 3 N–H and O–H groups in total. The summed E-state index contributed by atoms with van der Waals surface area (Å²) in [5.41, 5.74) is 6.88. The van der Waals surface area contributed by atoms with Crippen LogP contribution in [0.3, 0.4) is 0 Å². The number of nitriles is 1. The van der Waals surface area contributed by atoms with Gasteiger partial charge in [0, 0.05) is 5.56 Å². The SMILES string of the molecule is CCOC(=O)C1=C(C)OC(N)=C(C#N)C1c1cc(C(C)(C)C)cc(Cl)c1O. The Labute approximate surface area is 163 Å². The maximum Gasteiger partial charge on any atom is 0.338 e. The van der Waals surface area contributed by atoms with E-state index in [-0.39, 0.29) is 45.6 Å². The van der Waals surface area contributed by atoms with E-state index in [1.54, 1.807) is 26.0 Å². The summed E-state index contributed by atoms with van der Waals surface area (Å²) in [6, 6.07) is 5.38. The molecule has 6 nitrogen and oxygen atoms in total. The van der Waals surface area contributed by atoms with Gasteiger partial charge in [-0.05, 0) is 30.9 Å². The van der Waals surface area contributed by atoms with E-state index in [0.717, 1.165) is 5.56 Å². The topological polar surface area (TPSA) is 106 Å². The average Bonchev–Trinajstić information content (AvgIpc) is 2.55. The Morgan fingerprint density at radius 1 is 1.44 bits per heavy atom. The van der Waals surface area contributed by atoms with Gasteiger partial charge in [-0.25, -0.2) is 4.79 Å². The van der Waals surface area contributed by atoms with Crippen molar-refractivity contribution in [3.63, 3.8) is 0 Å². The molecule has 0 saturated heterocycles. The molecule has 1 aromatic rings. The van der Waals surface area contributed by atoms with E-state index >= 15 is 0 Å². The smallest absolute Gasteiger partial charge is 0.338 e. The molecule has 1 heterocycles. The van der Waals surface area contributed by atoms with Gasteiger partial charge in [-0.2, -0.15) is 5.26 Å². The number of nitrogens with two attached hydrogens (primary N) is 1. The molecule has 1 aromatic carbocycles. The minimum atomic E-state index is -0.942. The van der Waals surface area contributed by atoms with E-state index in [9.17, 15) is 15.2 Å². The van der Waals surface area contributed by atoms with Crippen molar-refractivity contribution in [2.75, 3.05) is 6.61 Å². The van der Waals surface area contributed by atoms with E-state index in [4.69, 9.17) is 26.8 Å². The Morgan fingerprint density at radius 3 is 2.59 bits per heavy atom. The first kappa shape index (κ1) is 20.7. The fourth-order valence-corrected chi connectivity index (χ4v) is 3.17. The Hall–Kier alpha value is -2.65. The van der Waals surface area contributed by atoms with E-state index in [0.29, 0.717) is 5.56 Å². The number of carbonyl (C=O) groups is 1. The molecule has 0 fully saturated rings. The number of rotatable bonds is 3. The van der Waals surface area contributed by atoms with Crippen LogP contribution in [0.4, 0.5) is 0 Å². The van der Waals surface area contributed by atoms with Crippen LogP contribution in [0, 0.1) is 11.3 Å². The van der Waals surface area contributed by atoms with Gasteiger partial charge in [0.1, 0.15) is 23.2 Å². The van der Waals surface area contributed by atoms with Crippen molar-refractivity contribution in [2.24, 2.45) is 5.73 Å². The number of allylic oxidation sites excluding steroid dienone is 2. The second-order valence-corrected chi connectivity index (χ2v) is 7.67. The van der Waals surface area contributed by atoms with Crippen molar-refractivity contribution < 1.29 is 19.4 Å². The molecule has 2 rings (SSSR count). The molecule has 144 valence electrons. The minimum Gasteiger partial charge on any atom is -0.506 e. The molecule has 0 bridgehead atoms. The van der Waals surface area contributed by atoms with Crippen molar-refractivity contribution in [1.29, 1.82) is 5.26 Å². The zero-order valence-electron chi connectivity index (χ0n) is 16.0. The van der Waals surface area contributed by atoms with E-state index < -0.39 is 11.9 Å². The molecule has 7 heteroatoms. The molecule has 0 saturated carbocycles. The van der Waals surface area contributed by atoms with Crippen LogP contribution in [0.5, 0.6) is 5.75 Å². The van der Waals surface area contributed by atoms with Gasteiger partial charge >= 0.3 is 5.97 Å². The highest BCUT2D eigenvalue weighted by Crippen LogP contribution is 2.46. The van der Waals surface area contributed by atoms with E-state index in [1.807, 2.05) is 26.8 Å². The summed E-state index contributed by atoms with van der Waals surface area (Å²) in [7, 11) is 0. The van der Waals surface area contributed by atoms with Crippen molar-refractivity contribution >= 4 is 17.6 Å². The highest BCUT2D eigenvalue weighted by molar-refractivity contribution is 6.32. The number of hydrogen-bond donors (Lipinski definition) is 2. The third kappa shape index (κ3) is 3.88. The number of esters is 1. The standard InChI is InChI=1S/C20H23ClN2O4/c1-6-26-19(25)15-10(2)27-18(23)13(9-22)16(15)12-7-11(20(3,4)5)8-14(21)17(12)24/h7-8,16,24H,6,23H2,1-5H3. The zero-order valence-corrected chi connectivity index (χ0v) is 16.8. The number of halogens is 1. The zero-order chi connectivity index (χ0) is 20.5. The summed E-state index contributed by atoms with van der Waals surface area (Å²) in [5.74, 6) is -1.71. The summed E-state index contributed by atoms with van der Waals surface area (Å²) in [5, 5.41) is 20.4. The number of hydrogen-bond acceptors (Lipinski definition) is 6. The molecule has 27 heavy (non-hydrogen) atoms. The van der Waals surface area contributed by atoms with Crippen LogP contribution in [0.25, 0.3) is 0 Å². The highest BCUT2D eigenvalue weighted by atomic mass is 35.5. The largest absolute Gasteiger partial charge is 0.506 e. The second-order valence-electron chi connectivity index (χ2n) is 7.26. The third-order valence-electron chi connectivity index (χ3n) is 4.37. The minimum absolute atomic E-state index is 0.0149. The highest BCUT2D eigenvalue weighted by Gasteiger charge is 2.38. The van der Waals surface area contributed by atoms with Gasteiger partial charge in [0.15, 0.2) is 0 Å². The van der Waals surface area contributed by atoms with Crippen LogP contribution in [-0.2, 0) is 19.7 Å². The number of phenolic OH excluding ortho intramolecular Hbond substituents is 1. The molecule has 1 aliphatic rings. The lowest BCUT2D eigenvalue weighted by molar-refractivity contribution is -0.139. The Balaban J connectivity index is 2.81. The van der Waals surface area contributed by atoms with Gasteiger partial charge in [-0.3, -0.25) is 0 Å². The summed E-state index contributed by atoms with van der Waals surface area (Å²) in [6.07, 6.45) is 0. The molecule has 0 amide bonds. The number of benzene rings is 1. The molecular formula is C20H23ClN2O4. The van der Waals surface area contributed by atoms with Gasteiger partial charge in [0.05, 0.1) is 23.1 Å². The quantitative estimate of drug-likeness (QED) is 0.756. The lowest BCUT2D eigenvalue weighted by Crippen LogP contribution is -2.26. The lowest BCUT2D eigenvalue weighted by Gasteiger charge is -2.29. The normalized spacial score (nSPS) is 17.4. The Morgan fingerprint density at radius 2 is 2.07 bits per heavy atom. The van der Waals surface area contributed by atoms with Gasteiger partial charge in [-0.15, -0.1) is 0 Å². The summed E-state index contributed by atoms with van der Waals surface area (Å²) < 4.78 is 10.5. The fraction of sp³-hybridized carbons (Fsp3) is 0.400. The first-order valence-corrected chi connectivity index (χ1v) is 8.89. The number of carbonyl (C=O) groups excluding carboxylic acids is 1. The monoisotopic (exact) mass is 390 g/mol. The van der Waals surface area contributed by atoms with Crippen LogP contribution in [-0.4, -0.2) is 17.7 Å². The van der Waals surface area contributed by atoms with Gasteiger partial charge in [0.25, 0.3) is 0 Å². The van der Waals surface area contributed by atoms with Crippen LogP contribution in [0.2, 0.25) is 5.02 Å². The molecule has 0 radical (unpaired) electrons. The van der Waals surface area contributed by atoms with Crippen molar-refractivity contribution in [2.45, 2.75) is 46.0 Å². The van der Waals surface area contributed by atoms with Gasteiger partial charge in [0.2, 0.25) is 5.88 Å². The maximum atomic E-state index is 12.6. The predicted molar refractivity (Wildman–Crippen MR) is 102 cm³/mol. The van der Waals surface area contributed by atoms with Crippen molar-refractivity contribution in [3.05, 3.63) is 51.1 Å². The first-order valence-electron chi connectivity index (χ1n) is 8.51. The fourth-order valence-electron chi connectivity index (χ4n) is 2.94. The second kappa shape index (κ2) is 7.53.